The molecule has 2 unspecified atom stereocenters. The van der Waals surface area contributed by atoms with Crippen LogP contribution in [0.1, 0.15) is 20.7 Å². The van der Waals surface area contributed by atoms with E-state index in [1.807, 2.05) is 0 Å². The van der Waals surface area contributed by atoms with Gasteiger partial charge >= 0.3 is 0 Å². The highest BCUT2D eigenvalue weighted by Gasteiger charge is 2.60. The molecule has 2 rings (SSSR count). The number of halogens is 4. The molecule has 0 saturated heterocycles. The van der Waals surface area contributed by atoms with Crippen molar-refractivity contribution >= 4 is 43.4 Å². The molecule has 0 radical (unpaired) electrons. The van der Waals surface area contributed by atoms with E-state index in [1.165, 1.54) is 48.5 Å². The van der Waals surface area contributed by atoms with Crippen molar-refractivity contribution in [1.82, 2.24) is 0 Å². The van der Waals surface area contributed by atoms with Gasteiger partial charge in [0.1, 0.15) is 0 Å². The lowest BCUT2D eigenvalue weighted by Gasteiger charge is -2.28. The first kappa shape index (κ1) is 17.0. The van der Waals surface area contributed by atoms with Gasteiger partial charge < -0.3 is 0 Å². The highest BCUT2D eigenvalue weighted by molar-refractivity contribution is 9.13. The lowest BCUT2D eigenvalue weighted by atomic mass is 9.98. The summed E-state index contributed by atoms with van der Waals surface area (Å²) in [6.45, 7) is 0. The smallest absolute Gasteiger partial charge is 0.278 e. The van der Waals surface area contributed by atoms with E-state index in [0.717, 1.165) is 0 Å². The first-order valence-electron chi connectivity index (χ1n) is 6.24. The van der Waals surface area contributed by atoms with Crippen molar-refractivity contribution in [3.05, 3.63) is 71.8 Å². The second-order valence-electron chi connectivity index (χ2n) is 4.54. The van der Waals surface area contributed by atoms with E-state index in [9.17, 15) is 18.4 Å². The van der Waals surface area contributed by atoms with Gasteiger partial charge in [0, 0.05) is 11.1 Å². The summed E-state index contributed by atoms with van der Waals surface area (Å²) >= 11 is 4.89. The van der Waals surface area contributed by atoms with E-state index >= 15 is 0 Å². The zero-order valence-corrected chi connectivity index (χ0v) is 14.3. The highest BCUT2D eigenvalue weighted by atomic mass is 79.9. The zero-order chi connectivity index (χ0) is 16.4. The Morgan fingerprint density at radius 1 is 0.682 bits per heavy atom. The zero-order valence-electron chi connectivity index (χ0n) is 11.1. The first-order chi connectivity index (χ1) is 10.3. The highest BCUT2D eigenvalue weighted by Crippen LogP contribution is 2.45. The minimum absolute atomic E-state index is 0.0517. The van der Waals surface area contributed by atoms with Crippen molar-refractivity contribution in [1.29, 1.82) is 0 Å². The average Bonchev–Trinajstić information content (AvgIpc) is 2.54. The van der Waals surface area contributed by atoms with Gasteiger partial charge in [-0.05, 0) is 31.9 Å². The number of carbonyl (C=O) groups is 2. The molecule has 0 heterocycles. The van der Waals surface area contributed by atoms with Crippen molar-refractivity contribution in [3.8, 4) is 0 Å². The average molecular weight is 432 g/mol. The third-order valence-electron chi connectivity index (χ3n) is 3.04. The van der Waals surface area contributed by atoms with Crippen LogP contribution in [-0.2, 0) is 0 Å². The van der Waals surface area contributed by atoms with Crippen LogP contribution in [0, 0.1) is 0 Å². The van der Waals surface area contributed by atoms with Gasteiger partial charge in [0.15, 0.2) is 0 Å². The van der Waals surface area contributed by atoms with Gasteiger partial charge in [-0.15, -0.1) is 0 Å². The molecule has 0 saturated carbocycles. The Hall–Kier alpha value is -1.40. The number of benzene rings is 2. The summed E-state index contributed by atoms with van der Waals surface area (Å²) in [6, 6.07) is 14.7. The number of Topliss-reactive ketones (excluding diaryl/α,β-unsaturated/α-hetero) is 2. The van der Waals surface area contributed by atoms with Crippen molar-refractivity contribution in [2.45, 2.75) is 9.16 Å². The minimum Gasteiger partial charge on any atom is -0.289 e. The van der Waals surface area contributed by atoms with Crippen LogP contribution < -0.4 is 0 Å². The number of hydrogen-bond donors (Lipinski definition) is 0. The van der Waals surface area contributed by atoms with Crippen molar-refractivity contribution < 1.29 is 18.4 Å². The topological polar surface area (TPSA) is 34.1 Å². The van der Waals surface area contributed by atoms with Crippen LogP contribution >= 0.6 is 31.9 Å². The van der Waals surface area contributed by atoms with E-state index in [0.29, 0.717) is 0 Å². The van der Waals surface area contributed by atoms with Gasteiger partial charge in [-0.1, -0.05) is 60.7 Å². The Morgan fingerprint density at radius 2 is 0.955 bits per heavy atom. The van der Waals surface area contributed by atoms with Gasteiger partial charge in [-0.2, -0.15) is 0 Å². The molecule has 22 heavy (non-hydrogen) atoms. The third-order valence-corrected chi connectivity index (χ3v) is 5.38. The molecule has 0 bridgehead atoms. The monoisotopic (exact) mass is 430 g/mol. The normalized spacial score (nSPS) is 16.4. The Morgan fingerprint density at radius 3 is 1.23 bits per heavy atom. The summed E-state index contributed by atoms with van der Waals surface area (Å²) in [5, 5.41) is 0. The fourth-order valence-electron chi connectivity index (χ4n) is 1.83. The molecular weight excluding hydrogens is 422 g/mol. The van der Waals surface area contributed by atoms with Gasteiger partial charge in [-0.3, -0.25) is 9.59 Å². The third kappa shape index (κ3) is 3.03. The van der Waals surface area contributed by atoms with Crippen molar-refractivity contribution in [3.63, 3.8) is 0 Å². The lowest BCUT2D eigenvalue weighted by molar-refractivity contribution is 0.0544. The maximum absolute atomic E-state index is 14.8. The van der Waals surface area contributed by atoms with Crippen LogP contribution in [0.4, 0.5) is 8.78 Å². The van der Waals surface area contributed by atoms with E-state index in [-0.39, 0.29) is 11.1 Å². The predicted octanol–water partition coefficient (Wildman–Crippen LogP) is 4.87. The Bertz CT molecular complexity index is 624. The minimum atomic E-state index is -3.24. The standard InChI is InChI=1S/C16H10Br2F2O2/c17-15(19,13(21)11-7-3-1-4-8-11)16(18,20)14(22)12-9-5-2-6-10-12/h1-10H. The maximum Gasteiger partial charge on any atom is 0.278 e. The molecule has 0 aliphatic heterocycles. The van der Waals surface area contributed by atoms with Crippen LogP contribution in [0.3, 0.4) is 0 Å². The molecule has 0 spiro atoms. The summed E-state index contributed by atoms with van der Waals surface area (Å²) in [6.07, 6.45) is 0. The van der Waals surface area contributed by atoms with Gasteiger partial charge in [0.25, 0.3) is 9.16 Å². The van der Waals surface area contributed by atoms with E-state index in [2.05, 4.69) is 31.9 Å². The van der Waals surface area contributed by atoms with E-state index in [1.54, 1.807) is 12.1 Å². The first-order valence-corrected chi connectivity index (χ1v) is 7.82. The van der Waals surface area contributed by atoms with Crippen molar-refractivity contribution in [2.75, 3.05) is 0 Å². The number of carbonyl (C=O) groups excluding carboxylic acids is 2. The Kier molecular flexibility index (Phi) is 4.92. The summed E-state index contributed by atoms with van der Waals surface area (Å²) in [4.78, 5) is 24.4. The second kappa shape index (κ2) is 6.38. The van der Waals surface area contributed by atoms with Crippen LogP contribution in [-0.4, -0.2) is 20.7 Å². The van der Waals surface area contributed by atoms with Gasteiger partial charge in [-0.25, -0.2) is 8.78 Å². The summed E-state index contributed by atoms with van der Waals surface area (Å²) < 4.78 is 23.1. The molecule has 0 amide bonds. The predicted molar refractivity (Wildman–Crippen MR) is 87.1 cm³/mol. The van der Waals surface area contributed by atoms with Gasteiger partial charge in [0.05, 0.1) is 0 Å². The number of rotatable bonds is 5. The number of alkyl halides is 4. The van der Waals surface area contributed by atoms with Crippen LogP contribution in [0.5, 0.6) is 0 Å². The summed E-state index contributed by atoms with van der Waals surface area (Å²) in [5.74, 6) is -2.37. The molecule has 2 atom stereocenters. The molecule has 0 aromatic heterocycles. The molecule has 0 aliphatic rings. The van der Waals surface area contributed by atoms with Crippen LogP contribution in [0.2, 0.25) is 0 Å². The van der Waals surface area contributed by atoms with E-state index < -0.39 is 20.7 Å². The molecule has 0 fully saturated rings. The quantitative estimate of drug-likeness (QED) is 0.499. The Balaban J connectivity index is 2.38. The number of hydrogen-bond acceptors (Lipinski definition) is 2. The largest absolute Gasteiger partial charge is 0.289 e. The second-order valence-corrected chi connectivity index (χ2v) is 6.72. The number of ketones is 2. The molecule has 2 aromatic carbocycles. The molecule has 2 nitrogen and oxygen atoms in total. The molecule has 114 valence electrons. The van der Waals surface area contributed by atoms with E-state index in [4.69, 9.17) is 0 Å². The Labute approximate surface area is 142 Å². The molecular formula is C16H10Br2F2O2. The van der Waals surface area contributed by atoms with Crippen molar-refractivity contribution in [2.24, 2.45) is 0 Å². The molecule has 0 N–H and O–H groups in total. The molecule has 0 aliphatic carbocycles. The summed E-state index contributed by atoms with van der Waals surface area (Å²) in [5.41, 5.74) is -0.103. The van der Waals surface area contributed by atoms with Crippen LogP contribution in [0.15, 0.2) is 60.7 Å². The maximum atomic E-state index is 14.8. The lowest BCUT2D eigenvalue weighted by Crippen LogP contribution is -2.49. The van der Waals surface area contributed by atoms with Gasteiger partial charge in [0.2, 0.25) is 11.6 Å². The van der Waals surface area contributed by atoms with Crippen LogP contribution in [0.25, 0.3) is 0 Å². The molecule has 2 aromatic rings. The summed E-state index contributed by atoms with van der Waals surface area (Å²) in [7, 11) is 0. The fourth-order valence-corrected chi connectivity index (χ4v) is 2.64. The molecule has 6 heteroatoms. The SMILES string of the molecule is O=C(c1ccccc1)C(F)(Br)C(F)(Br)C(=O)c1ccccc1. The fraction of sp³-hybridized carbons (Fsp3) is 0.125.